The summed E-state index contributed by atoms with van der Waals surface area (Å²) in [6.07, 6.45) is 0.0543. The molecule has 2 heterocycles. The quantitative estimate of drug-likeness (QED) is 0.644. The lowest BCUT2D eigenvalue weighted by Crippen LogP contribution is -2.22. The molecule has 0 aliphatic heterocycles. The van der Waals surface area contributed by atoms with E-state index in [2.05, 4.69) is 10.3 Å². The van der Waals surface area contributed by atoms with E-state index in [1.54, 1.807) is 11.3 Å². The van der Waals surface area contributed by atoms with Crippen LogP contribution in [0.3, 0.4) is 0 Å². The average Bonchev–Trinajstić information content (AvgIpc) is 3.27. The van der Waals surface area contributed by atoms with Crippen molar-refractivity contribution in [3.63, 3.8) is 0 Å². The van der Waals surface area contributed by atoms with Gasteiger partial charge in [0, 0.05) is 11.1 Å². The van der Waals surface area contributed by atoms with Gasteiger partial charge in [0.2, 0.25) is 0 Å². The van der Waals surface area contributed by atoms with Crippen LogP contribution < -0.4 is 5.32 Å². The molecule has 0 atom stereocenters. The number of ether oxygens (including phenoxy) is 1. The first kappa shape index (κ1) is 18.3. The molecule has 2 aromatic heterocycles. The summed E-state index contributed by atoms with van der Waals surface area (Å²) < 4.78 is 5.06. The van der Waals surface area contributed by atoms with Crippen LogP contribution in [0.15, 0.2) is 41.1 Å². The Bertz CT molecular complexity index is 917. The zero-order valence-corrected chi connectivity index (χ0v) is 16.1. The van der Waals surface area contributed by atoms with E-state index in [0.717, 1.165) is 26.7 Å². The summed E-state index contributed by atoms with van der Waals surface area (Å²) in [6, 6.07) is 9.69. The fourth-order valence-electron chi connectivity index (χ4n) is 2.39. The number of benzene rings is 1. The number of nitrogens with one attached hydrogen (secondary N) is 1. The van der Waals surface area contributed by atoms with Crippen molar-refractivity contribution in [1.82, 2.24) is 4.98 Å². The number of carbonyl (C=O) groups excluding carboxylic acids is 2. The third kappa shape index (κ3) is 4.77. The Morgan fingerprint density at radius 2 is 2.04 bits per heavy atom. The number of esters is 1. The molecule has 1 amide bonds. The molecule has 0 saturated heterocycles. The van der Waals surface area contributed by atoms with Gasteiger partial charge >= 0.3 is 5.97 Å². The van der Waals surface area contributed by atoms with Crippen LogP contribution in [0.2, 0.25) is 0 Å². The summed E-state index contributed by atoms with van der Waals surface area (Å²) in [5, 5.41) is 7.46. The second-order valence-corrected chi connectivity index (χ2v) is 7.63. The van der Waals surface area contributed by atoms with E-state index in [0.29, 0.717) is 5.69 Å². The van der Waals surface area contributed by atoms with E-state index in [-0.39, 0.29) is 18.9 Å². The SMILES string of the molecule is Cc1ccc(NC(=O)COC(=O)Cc2csc(-c3cccs3)n2)c(C)c1. The van der Waals surface area contributed by atoms with Crippen molar-refractivity contribution in [1.29, 1.82) is 0 Å². The van der Waals surface area contributed by atoms with Crippen LogP contribution in [0.4, 0.5) is 5.69 Å². The zero-order valence-electron chi connectivity index (χ0n) is 14.4. The summed E-state index contributed by atoms with van der Waals surface area (Å²) in [5.74, 6) is -0.827. The molecular formula is C19H18N2O3S2. The Morgan fingerprint density at radius 1 is 1.19 bits per heavy atom. The molecule has 1 N–H and O–H groups in total. The Kier molecular flexibility index (Phi) is 5.80. The molecule has 5 nitrogen and oxygen atoms in total. The lowest BCUT2D eigenvalue weighted by Gasteiger charge is -2.09. The normalized spacial score (nSPS) is 10.5. The van der Waals surface area contributed by atoms with Crippen LogP contribution in [0, 0.1) is 13.8 Å². The van der Waals surface area contributed by atoms with Crippen molar-refractivity contribution in [2.45, 2.75) is 20.3 Å². The molecule has 0 radical (unpaired) electrons. The molecule has 0 aliphatic carbocycles. The topological polar surface area (TPSA) is 68.3 Å². The lowest BCUT2D eigenvalue weighted by molar-refractivity contribution is -0.146. The lowest BCUT2D eigenvalue weighted by atomic mass is 10.1. The minimum absolute atomic E-state index is 0.0543. The molecule has 0 saturated carbocycles. The highest BCUT2D eigenvalue weighted by atomic mass is 32.1. The third-order valence-corrected chi connectivity index (χ3v) is 5.56. The molecule has 26 heavy (non-hydrogen) atoms. The Hall–Kier alpha value is -2.51. The maximum atomic E-state index is 12.0. The molecule has 0 bridgehead atoms. The highest BCUT2D eigenvalue weighted by Crippen LogP contribution is 2.27. The number of nitrogens with zero attached hydrogens (tertiary/aromatic N) is 1. The van der Waals surface area contributed by atoms with Crippen LogP contribution in [-0.2, 0) is 20.7 Å². The molecule has 1 aromatic carbocycles. The van der Waals surface area contributed by atoms with Crippen molar-refractivity contribution in [3.05, 3.63) is 57.9 Å². The highest BCUT2D eigenvalue weighted by Gasteiger charge is 2.13. The second kappa shape index (κ2) is 8.25. The summed E-state index contributed by atoms with van der Waals surface area (Å²) in [5.41, 5.74) is 3.46. The number of anilines is 1. The van der Waals surface area contributed by atoms with Crippen LogP contribution in [-0.4, -0.2) is 23.5 Å². The summed E-state index contributed by atoms with van der Waals surface area (Å²) in [4.78, 5) is 29.4. The molecule has 0 unspecified atom stereocenters. The van der Waals surface area contributed by atoms with E-state index < -0.39 is 5.97 Å². The van der Waals surface area contributed by atoms with E-state index in [4.69, 9.17) is 4.74 Å². The first-order valence-electron chi connectivity index (χ1n) is 8.02. The fourth-order valence-corrected chi connectivity index (χ4v) is 4.02. The third-order valence-electron chi connectivity index (χ3n) is 3.63. The molecule has 3 rings (SSSR count). The summed E-state index contributed by atoms with van der Waals surface area (Å²) in [7, 11) is 0. The minimum atomic E-state index is -0.469. The monoisotopic (exact) mass is 386 g/mol. The van der Waals surface area contributed by atoms with Gasteiger partial charge in [0.1, 0.15) is 5.01 Å². The Balaban J connectivity index is 1.48. The number of rotatable bonds is 6. The summed E-state index contributed by atoms with van der Waals surface area (Å²) in [6.45, 7) is 3.60. The number of amides is 1. The van der Waals surface area contributed by atoms with Crippen molar-refractivity contribution < 1.29 is 14.3 Å². The maximum Gasteiger partial charge on any atom is 0.312 e. The van der Waals surface area contributed by atoms with E-state index in [9.17, 15) is 9.59 Å². The smallest absolute Gasteiger partial charge is 0.312 e. The van der Waals surface area contributed by atoms with Gasteiger partial charge in [0.15, 0.2) is 6.61 Å². The van der Waals surface area contributed by atoms with Gasteiger partial charge in [-0.2, -0.15) is 0 Å². The van der Waals surface area contributed by atoms with Gasteiger partial charge < -0.3 is 10.1 Å². The largest absolute Gasteiger partial charge is 0.455 e. The number of hydrogen-bond donors (Lipinski definition) is 1. The molecule has 7 heteroatoms. The summed E-state index contributed by atoms with van der Waals surface area (Å²) >= 11 is 3.09. The minimum Gasteiger partial charge on any atom is -0.455 e. The molecule has 3 aromatic rings. The van der Waals surface area contributed by atoms with Gasteiger partial charge in [-0.1, -0.05) is 23.8 Å². The Morgan fingerprint density at radius 3 is 2.77 bits per heavy atom. The molecule has 0 fully saturated rings. The molecular weight excluding hydrogens is 368 g/mol. The van der Waals surface area contributed by atoms with E-state index >= 15 is 0 Å². The van der Waals surface area contributed by atoms with Gasteiger partial charge in [-0.3, -0.25) is 9.59 Å². The number of aryl methyl sites for hydroxylation is 2. The van der Waals surface area contributed by atoms with Gasteiger partial charge in [0.05, 0.1) is 17.0 Å². The van der Waals surface area contributed by atoms with Crippen molar-refractivity contribution in [2.24, 2.45) is 0 Å². The maximum absolute atomic E-state index is 12.0. The predicted octanol–water partition coefficient (Wildman–Crippen LogP) is 4.21. The standard InChI is InChI=1S/C19H18N2O3S2/c1-12-5-6-15(13(2)8-12)21-17(22)10-24-18(23)9-14-11-26-19(20-14)16-4-3-7-25-16/h3-8,11H,9-10H2,1-2H3,(H,21,22). The number of thiazole rings is 1. The first-order valence-corrected chi connectivity index (χ1v) is 9.78. The van der Waals surface area contributed by atoms with Gasteiger partial charge in [-0.25, -0.2) is 4.98 Å². The van der Waals surface area contributed by atoms with Crippen molar-refractivity contribution in [2.75, 3.05) is 11.9 Å². The molecule has 0 aliphatic rings. The predicted molar refractivity (Wildman–Crippen MR) is 105 cm³/mol. The van der Waals surface area contributed by atoms with Crippen molar-refractivity contribution >= 4 is 40.2 Å². The van der Waals surface area contributed by atoms with Crippen LogP contribution in [0.25, 0.3) is 9.88 Å². The van der Waals surface area contributed by atoms with E-state index in [1.165, 1.54) is 11.3 Å². The van der Waals surface area contributed by atoms with E-state index in [1.807, 2.05) is 54.9 Å². The molecule has 134 valence electrons. The van der Waals surface area contributed by atoms with Crippen LogP contribution in [0.1, 0.15) is 16.8 Å². The zero-order chi connectivity index (χ0) is 18.5. The van der Waals surface area contributed by atoms with Crippen LogP contribution in [0.5, 0.6) is 0 Å². The number of hydrogen-bond acceptors (Lipinski definition) is 6. The number of carbonyl (C=O) groups is 2. The van der Waals surface area contributed by atoms with Crippen LogP contribution >= 0.6 is 22.7 Å². The highest BCUT2D eigenvalue weighted by molar-refractivity contribution is 7.20. The number of thiophene rings is 1. The van der Waals surface area contributed by atoms with Gasteiger partial charge in [0.25, 0.3) is 5.91 Å². The fraction of sp³-hybridized carbons (Fsp3) is 0.211. The Labute approximate surface area is 159 Å². The molecule has 0 spiro atoms. The second-order valence-electron chi connectivity index (χ2n) is 5.83. The van der Waals surface area contributed by atoms with Gasteiger partial charge in [-0.15, -0.1) is 22.7 Å². The number of aromatic nitrogens is 1. The average molecular weight is 386 g/mol. The van der Waals surface area contributed by atoms with Crippen molar-refractivity contribution in [3.8, 4) is 9.88 Å². The first-order chi connectivity index (χ1) is 12.5. The van der Waals surface area contributed by atoms with Gasteiger partial charge in [-0.05, 0) is 36.9 Å².